The third-order valence-corrected chi connectivity index (χ3v) is 5.82. The Morgan fingerprint density at radius 1 is 1.23 bits per heavy atom. The number of halogens is 1. The Kier molecular flexibility index (Phi) is 4.41. The number of terminal acetylenes is 1. The maximum absolute atomic E-state index is 12.8. The minimum absolute atomic E-state index is 0.128. The predicted octanol–water partition coefficient (Wildman–Crippen LogP) is 2.99. The number of hydrogen-bond acceptors (Lipinski definition) is 4. The lowest BCUT2D eigenvalue weighted by molar-refractivity contribution is -0.140. The van der Waals surface area contributed by atoms with E-state index in [0.29, 0.717) is 11.3 Å². The third kappa shape index (κ3) is 2.77. The van der Waals surface area contributed by atoms with Crippen molar-refractivity contribution < 1.29 is 14.3 Å². The number of ether oxygens (including phenoxy) is 1. The van der Waals surface area contributed by atoms with Crippen LogP contribution in [0.1, 0.15) is 18.4 Å². The van der Waals surface area contributed by atoms with Crippen molar-refractivity contribution in [3.05, 3.63) is 40.4 Å². The molecule has 5 rings (SSSR count). The highest BCUT2D eigenvalue weighted by molar-refractivity contribution is 9.10. The first-order valence-corrected chi connectivity index (χ1v) is 9.35. The maximum Gasteiger partial charge on any atom is 0.254 e. The maximum atomic E-state index is 12.8. The number of hydrogen-bond donors (Lipinski definition) is 0. The molecule has 4 aliphatic rings. The van der Waals surface area contributed by atoms with Gasteiger partial charge >= 0.3 is 0 Å². The summed E-state index contributed by atoms with van der Waals surface area (Å²) >= 11 is 3.40. The summed E-state index contributed by atoms with van der Waals surface area (Å²) < 4.78 is 6.34. The van der Waals surface area contributed by atoms with Gasteiger partial charge in [-0.15, -0.1) is 6.42 Å². The van der Waals surface area contributed by atoms with E-state index in [1.54, 1.807) is 12.1 Å². The molecule has 1 aromatic carbocycles. The zero-order valence-electron chi connectivity index (χ0n) is 14.0. The summed E-state index contributed by atoms with van der Waals surface area (Å²) in [6.45, 7) is 0.128. The van der Waals surface area contributed by atoms with Crippen molar-refractivity contribution in [1.82, 2.24) is 5.01 Å². The van der Waals surface area contributed by atoms with Crippen LogP contribution in [0.4, 0.5) is 0 Å². The van der Waals surface area contributed by atoms with Gasteiger partial charge in [-0.3, -0.25) is 9.59 Å². The molecule has 26 heavy (non-hydrogen) atoms. The fourth-order valence-electron chi connectivity index (χ4n) is 4.16. The van der Waals surface area contributed by atoms with Crippen molar-refractivity contribution in [2.24, 2.45) is 28.8 Å². The number of benzene rings is 1. The van der Waals surface area contributed by atoms with Crippen molar-refractivity contribution >= 4 is 34.0 Å². The molecule has 0 radical (unpaired) electrons. The summed E-state index contributed by atoms with van der Waals surface area (Å²) in [5.74, 6) is 2.36. The highest BCUT2D eigenvalue weighted by Crippen LogP contribution is 2.49. The van der Waals surface area contributed by atoms with Gasteiger partial charge in [0.05, 0.1) is 18.1 Å². The Bertz CT molecular complexity index is 838. The third-order valence-electron chi connectivity index (χ3n) is 5.33. The fourth-order valence-corrected chi connectivity index (χ4v) is 4.54. The van der Waals surface area contributed by atoms with E-state index in [2.05, 4.69) is 39.1 Å². The highest BCUT2D eigenvalue weighted by atomic mass is 79.9. The molecule has 5 nitrogen and oxygen atoms in total. The molecule has 0 aromatic heterocycles. The molecule has 1 saturated heterocycles. The van der Waals surface area contributed by atoms with E-state index < -0.39 is 0 Å². The number of hydrazone groups is 1. The van der Waals surface area contributed by atoms with Gasteiger partial charge in [0.2, 0.25) is 0 Å². The molecule has 3 aliphatic carbocycles. The summed E-state index contributed by atoms with van der Waals surface area (Å²) in [6.07, 6.45) is 12.8. The highest BCUT2D eigenvalue weighted by Gasteiger charge is 2.56. The van der Waals surface area contributed by atoms with Crippen LogP contribution in [0.25, 0.3) is 0 Å². The van der Waals surface area contributed by atoms with E-state index in [9.17, 15) is 9.59 Å². The largest absolute Gasteiger partial charge is 0.480 e. The Balaban J connectivity index is 1.60. The Morgan fingerprint density at radius 2 is 1.88 bits per heavy atom. The van der Waals surface area contributed by atoms with Crippen LogP contribution in [-0.2, 0) is 9.59 Å². The Morgan fingerprint density at radius 3 is 2.46 bits per heavy atom. The van der Waals surface area contributed by atoms with Gasteiger partial charge in [0.1, 0.15) is 12.4 Å². The lowest BCUT2D eigenvalue weighted by atomic mass is 9.63. The summed E-state index contributed by atoms with van der Waals surface area (Å²) in [7, 11) is 0. The first-order chi connectivity index (χ1) is 12.6. The number of nitrogens with zero attached hydrogens (tertiary/aromatic N) is 2. The summed E-state index contributed by atoms with van der Waals surface area (Å²) in [5.41, 5.74) is 0.645. The molecule has 1 heterocycles. The second-order valence-corrected chi connectivity index (χ2v) is 7.66. The van der Waals surface area contributed by atoms with Gasteiger partial charge < -0.3 is 4.74 Å². The number of carbonyl (C=O) groups is 2. The van der Waals surface area contributed by atoms with Crippen molar-refractivity contribution in [1.29, 1.82) is 0 Å². The lowest BCUT2D eigenvalue weighted by Gasteiger charge is -2.37. The van der Waals surface area contributed by atoms with Gasteiger partial charge in [-0.2, -0.15) is 10.1 Å². The van der Waals surface area contributed by atoms with Crippen molar-refractivity contribution in [2.75, 3.05) is 6.61 Å². The second kappa shape index (κ2) is 6.73. The first kappa shape index (κ1) is 17.0. The van der Waals surface area contributed by atoms with Crippen LogP contribution >= 0.6 is 15.9 Å². The zero-order chi connectivity index (χ0) is 18.3. The van der Waals surface area contributed by atoms with Crippen molar-refractivity contribution in [3.8, 4) is 18.1 Å². The standard InChI is InChI=1S/C20H17BrN2O3/c1-2-9-26-16-8-7-15(21)10-14(16)11-22-23-19(24)17-12-3-4-13(6-5-12)18(17)20(23)25/h1,3-4,7-8,10-13,17-18H,5-6,9H2/b22-11-/t12-,13-,17-,18+/m1/s1. The predicted molar refractivity (Wildman–Crippen MR) is 100 cm³/mol. The van der Waals surface area contributed by atoms with E-state index in [-0.39, 0.29) is 42.1 Å². The Hall–Kier alpha value is -2.39. The van der Waals surface area contributed by atoms with Crippen LogP contribution in [0.15, 0.2) is 39.9 Å². The topological polar surface area (TPSA) is 59.0 Å². The lowest BCUT2D eigenvalue weighted by Crippen LogP contribution is -2.38. The van der Waals surface area contributed by atoms with Gasteiger partial charge in [-0.1, -0.05) is 34.0 Å². The molecule has 2 fully saturated rings. The number of rotatable bonds is 4. The van der Waals surface area contributed by atoms with Crippen LogP contribution in [0, 0.1) is 36.0 Å². The van der Waals surface area contributed by atoms with Gasteiger partial charge in [-0.25, -0.2) is 0 Å². The monoisotopic (exact) mass is 412 g/mol. The summed E-state index contributed by atoms with van der Waals surface area (Å²) in [6, 6.07) is 5.40. The number of carbonyl (C=O) groups excluding carboxylic acids is 2. The molecule has 2 amide bonds. The number of imide groups is 1. The molecule has 1 aromatic rings. The van der Waals surface area contributed by atoms with Gasteiger partial charge in [-0.05, 0) is 42.9 Å². The first-order valence-electron chi connectivity index (χ1n) is 8.56. The number of allylic oxidation sites excluding steroid dienone is 2. The molecular weight excluding hydrogens is 396 g/mol. The minimum atomic E-state index is -0.261. The van der Waals surface area contributed by atoms with E-state index in [1.165, 1.54) is 6.21 Å². The smallest absolute Gasteiger partial charge is 0.254 e. The molecule has 6 heteroatoms. The fraction of sp³-hybridized carbons (Fsp3) is 0.350. The van der Waals surface area contributed by atoms with Crippen LogP contribution in [0.3, 0.4) is 0 Å². The van der Waals surface area contributed by atoms with Crippen LogP contribution < -0.4 is 4.74 Å². The van der Waals surface area contributed by atoms with Gasteiger partial charge in [0.25, 0.3) is 11.8 Å². The number of fused-ring (bicyclic) bond motifs is 1. The Labute approximate surface area is 160 Å². The average molecular weight is 413 g/mol. The molecule has 2 bridgehead atoms. The molecular formula is C20H17BrN2O3. The molecule has 4 atom stereocenters. The molecule has 0 N–H and O–H groups in total. The van der Waals surface area contributed by atoms with E-state index in [0.717, 1.165) is 22.3 Å². The van der Waals surface area contributed by atoms with Crippen LogP contribution in [0.2, 0.25) is 0 Å². The molecule has 0 unspecified atom stereocenters. The average Bonchev–Trinajstić information content (AvgIpc) is 2.93. The molecule has 0 spiro atoms. The normalized spacial score (nSPS) is 29.3. The summed E-state index contributed by atoms with van der Waals surface area (Å²) in [4.78, 5) is 25.6. The second-order valence-electron chi connectivity index (χ2n) is 6.75. The van der Waals surface area contributed by atoms with Crippen molar-refractivity contribution in [2.45, 2.75) is 12.8 Å². The molecule has 1 aliphatic heterocycles. The molecule has 132 valence electrons. The SMILES string of the molecule is C#CCOc1ccc(Br)cc1/C=N\N1C(=O)[C@@H]2[C@H](C1=O)[C@@H]1C=C[C@@H]2CC1. The van der Waals surface area contributed by atoms with E-state index in [1.807, 2.05) is 6.07 Å². The molecule has 1 saturated carbocycles. The minimum Gasteiger partial charge on any atom is -0.480 e. The van der Waals surface area contributed by atoms with E-state index in [4.69, 9.17) is 11.2 Å². The van der Waals surface area contributed by atoms with Crippen LogP contribution in [0.5, 0.6) is 5.75 Å². The summed E-state index contributed by atoms with van der Waals surface area (Å²) in [5, 5.41) is 5.26. The zero-order valence-corrected chi connectivity index (χ0v) is 15.6. The number of amides is 2. The van der Waals surface area contributed by atoms with Gasteiger partial charge in [0.15, 0.2) is 0 Å². The quantitative estimate of drug-likeness (QED) is 0.330. The van der Waals surface area contributed by atoms with E-state index >= 15 is 0 Å². The van der Waals surface area contributed by atoms with Gasteiger partial charge in [0, 0.05) is 10.0 Å². The van der Waals surface area contributed by atoms with Crippen molar-refractivity contribution in [3.63, 3.8) is 0 Å². The van der Waals surface area contributed by atoms with Crippen LogP contribution in [-0.4, -0.2) is 29.6 Å².